The van der Waals surface area contributed by atoms with E-state index in [1.54, 1.807) is 19.3 Å². The molecule has 3 aromatic rings. The van der Waals surface area contributed by atoms with E-state index < -0.39 is 0 Å². The van der Waals surface area contributed by atoms with Crippen LogP contribution in [0, 0.1) is 12.3 Å². The van der Waals surface area contributed by atoms with E-state index in [1.807, 2.05) is 48.0 Å². The summed E-state index contributed by atoms with van der Waals surface area (Å²) in [5, 5.41) is 10.9. The minimum absolute atomic E-state index is 0.131. The van der Waals surface area contributed by atoms with Crippen molar-refractivity contribution in [3.8, 4) is 5.69 Å². The highest BCUT2D eigenvalue weighted by Gasteiger charge is 2.13. The number of amidine groups is 1. The van der Waals surface area contributed by atoms with Gasteiger partial charge in [0.25, 0.3) is 5.91 Å². The maximum atomic E-state index is 12.1. The molecule has 0 aliphatic carbocycles. The molecule has 0 fully saturated rings. The van der Waals surface area contributed by atoms with Gasteiger partial charge in [0.2, 0.25) is 0 Å². The number of benzene rings is 1. The number of aromatic nitrogens is 2. The number of nitrogens with zero attached hydrogens (tertiary/aromatic N) is 2. The quantitative estimate of drug-likeness (QED) is 0.563. The van der Waals surface area contributed by atoms with E-state index in [9.17, 15) is 4.79 Å². The number of fused-ring (bicyclic) bond motifs is 1. The third kappa shape index (κ3) is 2.48. The molecule has 0 aliphatic heterocycles. The van der Waals surface area contributed by atoms with Crippen LogP contribution >= 0.6 is 0 Å². The van der Waals surface area contributed by atoms with Crippen LogP contribution in [0.5, 0.6) is 0 Å². The highest BCUT2D eigenvalue weighted by atomic mass is 16.1. The molecule has 0 radical (unpaired) electrons. The predicted molar refractivity (Wildman–Crippen MR) is 86.7 cm³/mol. The van der Waals surface area contributed by atoms with Crippen molar-refractivity contribution < 1.29 is 4.79 Å². The van der Waals surface area contributed by atoms with Gasteiger partial charge in [0.15, 0.2) is 0 Å². The number of hydrogen-bond acceptors (Lipinski definition) is 3. The summed E-state index contributed by atoms with van der Waals surface area (Å²) in [6.45, 7) is 3.43. The van der Waals surface area contributed by atoms with Crippen LogP contribution < -0.4 is 5.32 Å². The van der Waals surface area contributed by atoms with Gasteiger partial charge in [-0.3, -0.25) is 15.2 Å². The third-order valence-corrected chi connectivity index (χ3v) is 3.48. The summed E-state index contributed by atoms with van der Waals surface area (Å²) < 4.78 is 1.92. The van der Waals surface area contributed by atoms with E-state index in [-0.39, 0.29) is 11.7 Å². The average Bonchev–Trinajstić information content (AvgIpc) is 2.88. The number of carbonyl (C=O) groups excluding carboxylic acids is 1. The Bertz CT molecular complexity index is 874. The van der Waals surface area contributed by atoms with Gasteiger partial charge < -0.3 is 9.88 Å². The molecule has 22 heavy (non-hydrogen) atoms. The predicted octanol–water partition coefficient (Wildman–Crippen LogP) is 3.06. The number of aryl methyl sites for hydroxylation is 1. The SMILES string of the molecule is CC(=N)NC(=O)c1cn(-c2ccnc3ccccc23)cc1C. The van der Waals surface area contributed by atoms with Gasteiger partial charge in [0.05, 0.1) is 22.6 Å². The van der Waals surface area contributed by atoms with Gasteiger partial charge >= 0.3 is 0 Å². The van der Waals surface area contributed by atoms with E-state index in [0.29, 0.717) is 5.56 Å². The summed E-state index contributed by atoms with van der Waals surface area (Å²) in [5.41, 5.74) is 3.30. The van der Waals surface area contributed by atoms with Crippen LogP contribution in [-0.4, -0.2) is 21.3 Å². The van der Waals surface area contributed by atoms with Crippen molar-refractivity contribution in [2.24, 2.45) is 0 Å². The molecule has 0 spiro atoms. The zero-order valence-electron chi connectivity index (χ0n) is 12.4. The first-order chi connectivity index (χ1) is 10.6. The Morgan fingerprint density at radius 2 is 2.00 bits per heavy atom. The van der Waals surface area contributed by atoms with E-state index in [1.165, 1.54) is 0 Å². The normalized spacial score (nSPS) is 10.6. The number of rotatable bonds is 2. The van der Waals surface area contributed by atoms with Crippen molar-refractivity contribution >= 4 is 22.6 Å². The lowest BCUT2D eigenvalue weighted by molar-refractivity contribution is 0.0976. The second-order valence-corrected chi connectivity index (χ2v) is 5.19. The maximum absolute atomic E-state index is 12.1. The molecule has 2 aromatic heterocycles. The molecule has 1 amide bonds. The Morgan fingerprint density at radius 1 is 1.23 bits per heavy atom. The molecule has 0 bridgehead atoms. The molecule has 5 nitrogen and oxygen atoms in total. The molecular weight excluding hydrogens is 276 g/mol. The van der Waals surface area contributed by atoms with Crippen LogP contribution in [0.15, 0.2) is 48.9 Å². The Hall–Kier alpha value is -2.95. The zero-order valence-corrected chi connectivity index (χ0v) is 12.4. The first-order valence-corrected chi connectivity index (χ1v) is 6.95. The van der Waals surface area contributed by atoms with Crippen LogP contribution in [0.25, 0.3) is 16.6 Å². The monoisotopic (exact) mass is 292 g/mol. The standard InChI is InChI=1S/C17H16N4O/c1-11-9-21(10-14(11)17(22)20-12(2)18)16-7-8-19-15-6-4-3-5-13(15)16/h3-10H,1-2H3,(H2,18,20,22). The summed E-state index contributed by atoms with van der Waals surface area (Å²) in [7, 11) is 0. The van der Waals surface area contributed by atoms with Crippen molar-refractivity contribution in [3.05, 3.63) is 60.0 Å². The number of hydrogen-bond donors (Lipinski definition) is 2. The lowest BCUT2D eigenvalue weighted by Gasteiger charge is -2.06. The number of pyridine rings is 1. The van der Waals surface area contributed by atoms with E-state index in [4.69, 9.17) is 5.41 Å². The number of nitrogens with one attached hydrogen (secondary N) is 2. The molecule has 0 unspecified atom stereocenters. The molecule has 2 heterocycles. The molecule has 5 heteroatoms. The van der Waals surface area contributed by atoms with Crippen LogP contribution in [0.3, 0.4) is 0 Å². The molecule has 0 atom stereocenters. The second-order valence-electron chi connectivity index (χ2n) is 5.19. The molecule has 0 saturated carbocycles. The summed E-state index contributed by atoms with van der Waals surface area (Å²) in [5.74, 6) is -0.131. The Kier molecular flexibility index (Phi) is 3.47. The zero-order chi connectivity index (χ0) is 15.7. The van der Waals surface area contributed by atoms with Crippen molar-refractivity contribution in [3.63, 3.8) is 0 Å². The fraction of sp³-hybridized carbons (Fsp3) is 0.118. The summed E-state index contributed by atoms with van der Waals surface area (Å²) in [6, 6.07) is 9.81. The van der Waals surface area contributed by atoms with E-state index in [0.717, 1.165) is 22.2 Å². The summed E-state index contributed by atoms with van der Waals surface area (Å²) >= 11 is 0. The molecule has 1 aromatic carbocycles. The summed E-state index contributed by atoms with van der Waals surface area (Å²) in [4.78, 5) is 16.5. The van der Waals surface area contributed by atoms with E-state index >= 15 is 0 Å². The molecular formula is C17H16N4O. The van der Waals surface area contributed by atoms with Crippen molar-refractivity contribution in [1.29, 1.82) is 5.41 Å². The number of amides is 1. The summed E-state index contributed by atoms with van der Waals surface area (Å²) in [6.07, 6.45) is 5.46. The lowest BCUT2D eigenvalue weighted by atomic mass is 10.2. The van der Waals surface area contributed by atoms with Crippen LogP contribution in [0.2, 0.25) is 0 Å². The van der Waals surface area contributed by atoms with Gasteiger partial charge in [-0.15, -0.1) is 0 Å². The Morgan fingerprint density at radius 3 is 2.77 bits per heavy atom. The average molecular weight is 292 g/mol. The fourth-order valence-electron chi connectivity index (χ4n) is 2.48. The Balaban J connectivity index is 2.09. The van der Waals surface area contributed by atoms with E-state index in [2.05, 4.69) is 10.3 Å². The molecule has 2 N–H and O–H groups in total. The first kappa shape index (κ1) is 14.0. The molecule has 110 valence electrons. The van der Waals surface area contributed by atoms with Gasteiger partial charge in [-0.25, -0.2) is 0 Å². The first-order valence-electron chi connectivity index (χ1n) is 6.95. The third-order valence-electron chi connectivity index (χ3n) is 3.48. The second kappa shape index (κ2) is 5.44. The van der Waals surface area contributed by atoms with Gasteiger partial charge in [-0.1, -0.05) is 18.2 Å². The highest BCUT2D eigenvalue weighted by Crippen LogP contribution is 2.22. The topological polar surface area (TPSA) is 70.8 Å². The number of para-hydroxylation sites is 1. The minimum atomic E-state index is -0.262. The van der Waals surface area contributed by atoms with Crippen LogP contribution in [0.4, 0.5) is 0 Å². The highest BCUT2D eigenvalue weighted by molar-refractivity contribution is 6.05. The van der Waals surface area contributed by atoms with Gasteiger partial charge in [0.1, 0.15) is 0 Å². The van der Waals surface area contributed by atoms with Gasteiger partial charge in [-0.2, -0.15) is 0 Å². The minimum Gasteiger partial charge on any atom is -0.322 e. The van der Waals surface area contributed by atoms with Crippen molar-refractivity contribution in [2.45, 2.75) is 13.8 Å². The number of carbonyl (C=O) groups is 1. The van der Waals surface area contributed by atoms with Crippen molar-refractivity contribution in [1.82, 2.24) is 14.9 Å². The van der Waals surface area contributed by atoms with Crippen molar-refractivity contribution in [2.75, 3.05) is 0 Å². The maximum Gasteiger partial charge on any atom is 0.258 e. The molecule has 0 saturated heterocycles. The van der Waals surface area contributed by atoms with Crippen LogP contribution in [-0.2, 0) is 0 Å². The van der Waals surface area contributed by atoms with Gasteiger partial charge in [-0.05, 0) is 31.5 Å². The molecule has 0 aliphatic rings. The van der Waals surface area contributed by atoms with Crippen LogP contribution in [0.1, 0.15) is 22.8 Å². The Labute approximate surface area is 128 Å². The largest absolute Gasteiger partial charge is 0.322 e. The smallest absolute Gasteiger partial charge is 0.258 e. The lowest BCUT2D eigenvalue weighted by Crippen LogP contribution is -2.27. The van der Waals surface area contributed by atoms with Gasteiger partial charge in [0, 0.05) is 24.0 Å². The fourth-order valence-corrected chi connectivity index (χ4v) is 2.48. The molecule has 3 rings (SSSR count).